The van der Waals surface area contributed by atoms with Crippen LogP contribution in [0.3, 0.4) is 0 Å². The summed E-state index contributed by atoms with van der Waals surface area (Å²) in [5, 5.41) is 10.5. The number of nitrogens with zero attached hydrogens (tertiary/aromatic N) is 2. The molecule has 2 aliphatic heterocycles. The normalized spacial score (nSPS) is 32.1. The van der Waals surface area contributed by atoms with Gasteiger partial charge < -0.3 is 14.7 Å². The Labute approximate surface area is 133 Å². The standard InChI is InChI=1S/C17H30N2O3/c20-16-6-8-19(17(21)13-14-3-1-2-4-14)7-5-15(16)18-9-11-22-12-10-18/h14-16,20H,1-13H2/t15-,16-/m0/s1. The number of morpholine rings is 1. The highest BCUT2D eigenvalue weighted by Crippen LogP contribution is 2.28. The molecule has 2 heterocycles. The van der Waals surface area contributed by atoms with E-state index in [9.17, 15) is 9.90 Å². The maximum absolute atomic E-state index is 12.5. The average Bonchev–Trinajstić information content (AvgIpc) is 2.96. The Morgan fingerprint density at radius 2 is 1.68 bits per heavy atom. The first-order chi connectivity index (χ1) is 10.7. The van der Waals surface area contributed by atoms with Crippen molar-refractivity contribution in [2.45, 2.75) is 57.1 Å². The number of hydrogen-bond donors (Lipinski definition) is 1. The highest BCUT2D eigenvalue weighted by molar-refractivity contribution is 5.76. The zero-order valence-corrected chi connectivity index (χ0v) is 13.6. The minimum absolute atomic E-state index is 0.188. The summed E-state index contributed by atoms with van der Waals surface area (Å²) in [7, 11) is 0. The lowest BCUT2D eigenvalue weighted by molar-refractivity contribution is -0.132. The van der Waals surface area contributed by atoms with Crippen LogP contribution in [0.2, 0.25) is 0 Å². The zero-order valence-electron chi connectivity index (χ0n) is 13.6. The third-order valence-corrected chi connectivity index (χ3v) is 5.64. The highest BCUT2D eigenvalue weighted by Gasteiger charge is 2.32. The van der Waals surface area contributed by atoms with E-state index < -0.39 is 0 Å². The molecule has 5 nitrogen and oxygen atoms in total. The molecule has 3 aliphatic rings. The molecule has 0 aromatic carbocycles. The van der Waals surface area contributed by atoms with Gasteiger partial charge >= 0.3 is 0 Å². The molecule has 1 saturated carbocycles. The minimum Gasteiger partial charge on any atom is -0.391 e. The van der Waals surface area contributed by atoms with Crippen LogP contribution in [-0.4, -0.2) is 72.4 Å². The van der Waals surface area contributed by atoms with Gasteiger partial charge in [-0.3, -0.25) is 9.69 Å². The Bertz CT molecular complexity index is 365. The van der Waals surface area contributed by atoms with Crippen molar-refractivity contribution >= 4 is 5.91 Å². The van der Waals surface area contributed by atoms with E-state index in [0.717, 1.165) is 45.7 Å². The topological polar surface area (TPSA) is 53.0 Å². The molecule has 1 N–H and O–H groups in total. The minimum atomic E-state index is -0.317. The van der Waals surface area contributed by atoms with Crippen molar-refractivity contribution in [2.75, 3.05) is 39.4 Å². The molecule has 126 valence electrons. The third-order valence-electron chi connectivity index (χ3n) is 5.64. The summed E-state index contributed by atoms with van der Waals surface area (Å²) in [5.74, 6) is 0.914. The molecule has 0 bridgehead atoms. The maximum Gasteiger partial charge on any atom is 0.222 e. The number of hydrogen-bond acceptors (Lipinski definition) is 4. The lowest BCUT2D eigenvalue weighted by atomic mass is 10.0. The molecule has 22 heavy (non-hydrogen) atoms. The number of aliphatic hydroxyl groups excluding tert-OH is 1. The van der Waals surface area contributed by atoms with Gasteiger partial charge in [-0.25, -0.2) is 0 Å². The van der Waals surface area contributed by atoms with E-state index in [1.165, 1.54) is 25.7 Å². The molecule has 3 rings (SSSR count). The van der Waals surface area contributed by atoms with Crippen molar-refractivity contribution in [3.05, 3.63) is 0 Å². The molecule has 2 saturated heterocycles. The number of rotatable bonds is 3. The van der Waals surface area contributed by atoms with Crippen LogP contribution in [0.15, 0.2) is 0 Å². The van der Waals surface area contributed by atoms with E-state index in [1.807, 2.05) is 4.90 Å². The Morgan fingerprint density at radius 3 is 2.41 bits per heavy atom. The van der Waals surface area contributed by atoms with Gasteiger partial charge in [0.15, 0.2) is 0 Å². The van der Waals surface area contributed by atoms with E-state index in [0.29, 0.717) is 24.8 Å². The second-order valence-electron chi connectivity index (χ2n) is 7.10. The molecule has 1 amide bonds. The fourth-order valence-corrected chi connectivity index (χ4v) is 4.25. The van der Waals surface area contributed by atoms with Crippen LogP contribution in [0.5, 0.6) is 0 Å². The largest absolute Gasteiger partial charge is 0.391 e. The summed E-state index contributed by atoms with van der Waals surface area (Å²) < 4.78 is 5.40. The van der Waals surface area contributed by atoms with Crippen molar-refractivity contribution in [2.24, 2.45) is 5.92 Å². The van der Waals surface area contributed by atoms with Gasteiger partial charge in [0.25, 0.3) is 0 Å². The highest BCUT2D eigenvalue weighted by atomic mass is 16.5. The van der Waals surface area contributed by atoms with Gasteiger partial charge in [0.1, 0.15) is 0 Å². The molecule has 0 aromatic rings. The van der Waals surface area contributed by atoms with E-state index in [2.05, 4.69) is 4.90 Å². The Hall–Kier alpha value is -0.650. The van der Waals surface area contributed by atoms with Crippen molar-refractivity contribution < 1.29 is 14.6 Å². The number of amides is 1. The van der Waals surface area contributed by atoms with Gasteiger partial charge in [-0.2, -0.15) is 0 Å². The zero-order chi connectivity index (χ0) is 15.4. The van der Waals surface area contributed by atoms with Crippen LogP contribution in [0.4, 0.5) is 0 Å². The van der Waals surface area contributed by atoms with E-state index in [-0.39, 0.29) is 12.1 Å². The molecule has 5 heteroatoms. The summed E-state index contributed by atoms with van der Waals surface area (Å²) in [5.41, 5.74) is 0. The monoisotopic (exact) mass is 310 g/mol. The quantitative estimate of drug-likeness (QED) is 0.852. The number of likely N-dealkylation sites (tertiary alicyclic amines) is 1. The van der Waals surface area contributed by atoms with Crippen LogP contribution in [0.1, 0.15) is 44.9 Å². The lowest BCUT2D eigenvalue weighted by Gasteiger charge is -2.36. The number of carbonyl (C=O) groups excluding carboxylic acids is 1. The lowest BCUT2D eigenvalue weighted by Crippen LogP contribution is -2.49. The Morgan fingerprint density at radius 1 is 1.00 bits per heavy atom. The maximum atomic E-state index is 12.5. The van der Waals surface area contributed by atoms with Gasteiger partial charge in [-0.05, 0) is 31.6 Å². The molecular weight excluding hydrogens is 280 g/mol. The second-order valence-corrected chi connectivity index (χ2v) is 7.10. The molecule has 2 atom stereocenters. The molecule has 3 fully saturated rings. The van der Waals surface area contributed by atoms with E-state index in [1.54, 1.807) is 0 Å². The first-order valence-corrected chi connectivity index (χ1v) is 9.01. The number of ether oxygens (including phenoxy) is 1. The summed E-state index contributed by atoms with van der Waals surface area (Å²) in [6.45, 7) is 4.83. The Kier molecular flexibility index (Phi) is 5.71. The molecule has 0 aromatic heterocycles. The second kappa shape index (κ2) is 7.75. The molecule has 0 radical (unpaired) electrons. The third kappa shape index (κ3) is 4.00. The van der Waals surface area contributed by atoms with Crippen molar-refractivity contribution in [1.82, 2.24) is 9.80 Å². The summed E-state index contributed by atoms with van der Waals surface area (Å²) in [6.07, 6.45) is 7.01. The van der Waals surface area contributed by atoms with Gasteiger partial charge in [-0.1, -0.05) is 12.8 Å². The molecule has 0 unspecified atom stereocenters. The Balaban J connectivity index is 1.52. The fourth-order valence-electron chi connectivity index (χ4n) is 4.25. The fraction of sp³-hybridized carbons (Fsp3) is 0.941. The molecule has 1 aliphatic carbocycles. The average molecular weight is 310 g/mol. The van der Waals surface area contributed by atoms with E-state index >= 15 is 0 Å². The summed E-state index contributed by atoms with van der Waals surface area (Å²) in [6, 6.07) is 0.188. The smallest absolute Gasteiger partial charge is 0.222 e. The number of carbonyl (C=O) groups is 1. The summed E-state index contributed by atoms with van der Waals surface area (Å²) in [4.78, 5) is 16.9. The van der Waals surface area contributed by atoms with Gasteiger partial charge in [0.2, 0.25) is 5.91 Å². The predicted octanol–water partition coefficient (Wildman–Crippen LogP) is 1.25. The SMILES string of the molecule is O=C(CC1CCCC1)N1CC[C@H](O)[C@@H](N2CCOCC2)CC1. The van der Waals surface area contributed by atoms with Gasteiger partial charge in [0.05, 0.1) is 19.3 Å². The van der Waals surface area contributed by atoms with Gasteiger partial charge in [-0.15, -0.1) is 0 Å². The van der Waals surface area contributed by atoms with Crippen LogP contribution in [0.25, 0.3) is 0 Å². The first kappa shape index (κ1) is 16.2. The molecule has 0 spiro atoms. The van der Waals surface area contributed by atoms with Crippen molar-refractivity contribution in [3.63, 3.8) is 0 Å². The van der Waals surface area contributed by atoms with Crippen molar-refractivity contribution in [3.8, 4) is 0 Å². The first-order valence-electron chi connectivity index (χ1n) is 9.01. The van der Waals surface area contributed by atoms with E-state index in [4.69, 9.17) is 4.74 Å². The molecular formula is C17H30N2O3. The van der Waals surface area contributed by atoms with Crippen molar-refractivity contribution in [1.29, 1.82) is 0 Å². The predicted molar refractivity (Wildman–Crippen MR) is 84.6 cm³/mol. The summed E-state index contributed by atoms with van der Waals surface area (Å²) >= 11 is 0. The number of aliphatic hydroxyl groups is 1. The van der Waals surface area contributed by atoms with Crippen LogP contribution in [-0.2, 0) is 9.53 Å². The van der Waals surface area contributed by atoms with Gasteiger partial charge in [0, 0.05) is 38.6 Å². The van der Waals surface area contributed by atoms with Crippen LogP contribution in [0, 0.1) is 5.92 Å². The van der Waals surface area contributed by atoms with Crippen LogP contribution < -0.4 is 0 Å². The van der Waals surface area contributed by atoms with Crippen LogP contribution >= 0.6 is 0 Å².